The number of hydrogen-bond acceptors (Lipinski definition) is 7. The number of ether oxygens (including phenoxy) is 1. The molecule has 3 N–H and O–H groups in total. The Morgan fingerprint density at radius 2 is 1.94 bits per heavy atom. The van der Waals surface area contributed by atoms with Crippen molar-refractivity contribution in [1.82, 2.24) is 10.2 Å². The van der Waals surface area contributed by atoms with Gasteiger partial charge in [0, 0.05) is 53.8 Å². The number of benzene rings is 2. The lowest BCUT2D eigenvalue weighted by Crippen LogP contribution is -2.43. The molecule has 2 aromatic carbocycles. The van der Waals surface area contributed by atoms with Crippen LogP contribution < -0.4 is 15.0 Å². The van der Waals surface area contributed by atoms with Crippen LogP contribution in [0.1, 0.15) is 24.5 Å². The minimum absolute atomic E-state index is 0.0146. The minimum atomic E-state index is -0.763. The lowest BCUT2D eigenvalue weighted by atomic mass is 9.99. The van der Waals surface area contributed by atoms with Crippen LogP contribution in [0.25, 0.3) is 0 Å². The molecule has 1 atom stereocenters. The molecule has 4 rings (SSSR count). The topological polar surface area (TPSA) is 105 Å². The number of fused-ring (bicyclic) bond motifs is 1. The van der Waals surface area contributed by atoms with Gasteiger partial charge in [0.1, 0.15) is 23.5 Å². The van der Waals surface area contributed by atoms with Gasteiger partial charge in [0.2, 0.25) is 5.91 Å². The monoisotopic (exact) mass is 526 g/mol. The smallest absolute Gasteiger partial charge is 0.222 e. The zero-order valence-corrected chi connectivity index (χ0v) is 22.1. The van der Waals surface area contributed by atoms with Crippen LogP contribution in [0.4, 0.5) is 5.69 Å². The standard InChI is InChI=1S/C26H31ClN6O2S/c1-17(28)33-23-8-7-20(35-2)15-21(23)25(18-3-5-19(27)6-4-18)31-22(26(33)29)16-24(34)30-9-10-32-11-13-36-14-12-32/h3-8,15,22,28-29H,9-14,16H2,1-2H3,(H,30,34)/t22-/m0/s1. The molecule has 8 nitrogen and oxygen atoms in total. The molecule has 2 heterocycles. The highest BCUT2D eigenvalue weighted by Crippen LogP contribution is 2.33. The zero-order chi connectivity index (χ0) is 25.7. The highest BCUT2D eigenvalue weighted by atomic mass is 35.5. The van der Waals surface area contributed by atoms with E-state index in [9.17, 15) is 4.79 Å². The summed E-state index contributed by atoms with van der Waals surface area (Å²) in [4.78, 5) is 21.8. The van der Waals surface area contributed by atoms with Crippen molar-refractivity contribution in [3.8, 4) is 5.75 Å². The van der Waals surface area contributed by atoms with Crippen LogP contribution in [0.15, 0.2) is 47.5 Å². The lowest BCUT2D eigenvalue weighted by Gasteiger charge is -2.27. The van der Waals surface area contributed by atoms with Crippen LogP contribution in [-0.4, -0.2) is 79.0 Å². The van der Waals surface area contributed by atoms with E-state index in [2.05, 4.69) is 10.2 Å². The first kappa shape index (κ1) is 26.2. The van der Waals surface area contributed by atoms with Gasteiger partial charge in [-0.05, 0) is 37.3 Å². The Morgan fingerprint density at radius 3 is 2.61 bits per heavy atom. The summed E-state index contributed by atoms with van der Waals surface area (Å²) in [5.74, 6) is 2.98. The van der Waals surface area contributed by atoms with E-state index >= 15 is 0 Å². The van der Waals surface area contributed by atoms with E-state index in [4.69, 9.17) is 32.1 Å². The van der Waals surface area contributed by atoms with Crippen LogP contribution in [0.3, 0.4) is 0 Å². The van der Waals surface area contributed by atoms with Gasteiger partial charge in [0.25, 0.3) is 0 Å². The average Bonchev–Trinajstić information content (AvgIpc) is 2.99. The van der Waals surface area contributed by atoms with Crippen molar-refractivity contribution >= 4 is 52.3 Å². The molecular formula is C26H31ClN6O2S. The largest absolute Gasteiger partial charge is 0.497 e. The Balaban J connectivity index is 1.64. The molecule has 10 heteroatoms. The molecule has 0 spiro atoms. The first-order chi connectivity index (χ1) is 17.4. The predicted octanol–water partition coefficient (Wildman–Crippen LogP) is 3.90. The van der Waals surface area contributed by atoms with Crippen molar-refractivity contribution in [3.63, 3.8) is 0 Å². The van der Waals surface area contributed by atoms with Gasteiger partial charge >= 0.3 is 0 Å². The van der Waals surface area contributed by atoms with E-state index in [0.717, 1.165) is 42.3 Å². The Morgan fingerprint density at radius 1 is 1.22 bits per heavy atom. The van der Waals surface area contributed by atoms with Crippen molar-refractivity contribution in [3.05, 3.63) is 58.6 Å². The van der Waals surface area contributed by atoms with Gasteiger partial charge in [-0.3, -0.25) is 30.4 Å². The van der Waals surface area contributed by atoms with Gasteiger partial charge in [0.05, 0.1) is 24.9 Å². The van der Waals surface area contributed by atoms with Gasteiger partial charge in [-0.2, -0.15) is 11.8 Å². The summed E-state index contributed by atoms with van der Waals surface area (Å²) >= 11 is 8.09. The third kappa shape index (κ3) is 6.08. The first-order valence-corrected chi connectivity index (χ1v) is 13.4. The summed E-state index contributed by atoms with van der Waals surface area (Å²) in [7, 11) is 1.59. The van der Waals surface area contributed by atoms with Crippen LogP contribution in [0.5, 0.6) is 5.75 Å². The average molecular weight is 527 g/mol. The number of carbonyl (C=O) groups is 1. The minimum Gasteiger partial charge on any atom is -0.497 e. The number of aliphatic imine (C=N–C) groups is 1. The molecule has 36 heavy (non-hydrogen) atoms. The van der Waals surface area contributed by atoms with Crippen LogP contribution in [-0.2, 0) is 4.79 Å². The van der Waals surface area contributed by atoms with Crippen molar-refractivity contribution in [1.29, 1.82) is 10.8 Å². The highest BCUT2D eigenvalue weighted by molar-refractivity contribution is 7.99. The van der Waals surface area contributed by atoms with Crippen molar-refractivity contribution in [2.45, 2.75) is 19.4 Å². The second kappa shape index (κ2) is 11.9. The van der Waals surface area contributed by atoms with E-state index in [0.29, 0.717) is 28.7 Å². The van der Waals surface area contributed by atoms with Gasteiger partial charge in [0.15, 0.2) is 0 Å². The Kier molecular flexibility index (Phi) is 8.66. The van der Waals surface area contributed by atoms with Crippen molar-refractivity contribution < 1.29 is 9.53 Å². The Bertz CT molecular complexity index is 1160. The second-order valence-corrected chi connectivity index (χ2v) is 10.4. The summed E-state index contributed by atoms with van der Waals surface area (Å²) in [5, 5.41) is 21.0. The fourth-order valence-electron chi connectivity index (χ4n) is 4.36. The Labute approximate surface area is 221 Å². The lowest BCUT2D eigenvalue weighted by molar-refractivity contribution is -0.121. The van der Waals surface area contributed by atoms with Gasteiger partial charge < -0.3 is 10.1 Å². The number of anilines is 1. The number of methoxy groups -OCH3 is 1. The fourth-order valence-corrected chi connectivity index (χ4v) is 5.46. The SMILES string of the molecule is COc1ccc2c(c1)C(c1ccc(Cl)cc1)=N[C@@H](CC(=O)NCCN1CCSCC1)C(=N)N2C(C)=N. The summed E-state index contributed by atoms with van der Waals surface area (Å²) in [6.07, 6.45) is 0.0146. The van der Waals surface area contributed by atoms with Crippen LogP contribution in [0.2, 0.25) is 5.02 Å². The maximum atomic E-state index is 12.9. The molecule has 1 saturated heterocycles. The molecule has 190 valence electrons. The molecule has 0 aromatic heterocycles. The molecule has 1 fully saturated rings. The third-order valence-corrected chi connectivity index (χ3v) is 7.42. The van der Waals surface area contributed by atoms with Gasteiger partial charge in [-0.15, -0.1) is 0 Å². The number of thioether (sulfide) groups is 1. The molecule has 0 bridgehead atoms. The highest BCUT2D eigenvalue weighted by Gasteiger charge is 2.32. The number of carbonyl (C=O) groups excluding carboxylic acids is 1. The number of benzodiazepines with no additional fused rings is 1. The molecule has 1 amide bonds. The summed E-state index contributed by atoms with van der Waals surface area (Å²) in [5.41, 5.74) is 2.80. The van der Waals surface area contributed by atoms with E-state index in [-0.39, 0.29) is 24.0 Å². The normalized spacial score (nSPS) is 18.2. The first-order valence-electron chi connectivity index (χ1n) is 11.9. The fraction of sp³-hybridized carbons (Fsp3) is 0.385. The maximum absolute atomic E-state index is 12.9. The molecule has 2 aliphatic heterocycles. The summed E-state index contributed by atoms with van der Waals surface area (Å²) in [6.45, 7) is 5.08. The molecule has 0 saturated carbocycles. The molecule has 2 aliphatic rings. The number of rotatable bonds is 7. The van der Waals surface area contributed by atoms with Gasteiger partial charge in [-0.1, -0.05) is 23.7 Å². The van der Waals surface area contributed by atoms with Crippen molar-refractivity contribution in [2.75, 3.05) is 49.7 Å². The molecular weight excluding hydrogens is 496 g/mol. The summed E-state index contributed by atoms with van der Waals surface area (Å²) in [6, 6.07) is 12.0. The van der Waals surface area contributed by atoms with E-state index in [1.807, 2.05) is 36.0 Å². The summed E-state index contributed by atoms with van der Waals surface area (Å²) < 4.78 is 5.46. The second-order valence-electron chi connectivity index (χ2n) is 8.70. The van der Waals surface area contributed by atoms with Crippen LogP contribution in [0, 0.1) is 10.8 Å². The zero-order valence-electron chi connectivity index (χ0n) is 20.5. The number of hydrogen-bond donors (Lipinski definition) is 3. The number of halogens is 1. The number of nitrogens with one attached hydrogen (secondary N) is 3. The van der Waals surface area contributed by atoms with E-state index < -0.39 is 6.04 Å². The number of amidine groups is 2. The molecule has 0 aliphatic carbocycles. The van der Waals surface area contributed by atoms with E-state index in [1.54, 1.807) is 37.1 Å². The third-order valence-electron chi connectivity index (χ3n) is 6.23. The van der Waals surface area contributed by atoms with Gasteiger partial charge in [-0.25, -0.2) is 0 Å². The quantitative estimate of drug-likeness (QED) is 0.375. The number of nitrogens with zero attached hydrogens (tertiary/aromatic N) is 3. The predicted molar refractivity (Wildman–Crippen MR) is 149 cm³/mol. The molecule has 0 radical (unpaired) electrons. The molecule has 0 unspecified atom stereocenters. The number of amides is 1. The van der Waals surface area contributed by atoms with Crippen LogP contribution >= 0.6 is 23.4 Å². The molecule has 2 aromatic rings. The Hall–Kier alpha value is -2.88. The van der Waals surface area contributed by atoms with Crippen molar-refractivity contribution in [2.24, 2.45) is 4.99 Å². The maximum Gasteiger partial charge on any atom is 0.222 e. The van der Waals surface area contributed by atoms with E-state index in [1.165, 1.54) is 0 Å².